The Hall–Kier alpha value is -1.26. The zero-order valence-electron chi connectivity index (χ0n) is 11.0. The van der Waals surface area contributed by atoms with Crippen LogP contribution in [0, 0.1) is 5.41 Å². The number of nitrogens with one attached hydrogen (secondary N) is 2. The van der Waals surface area contributed by atoms with Gasteiger partial charge in [0.25, 0.3) is 0 Å². The largest absolute Gasteiger partial charge is 0.480 e. The maximum absolute atomic E-state index is 11.7. The molecule has 0 aromatic rings. The monoisotopic (exact) mass is 242 g/mol. The zero-order valence-corrected chi connectivity index (χ0v) is 11.0. The molecule has 0 heterocycles. The molecule has 1 atom stereocenters. The van der Waals surface area contributed by atoms with Gasteiger partial charge in [-0.05, 0) is 32.1 Å². The van der Waals surface area contributed by atoms with E-state index in [9.17, 15) is 9.59 Å². The van der Waals surface area contributed by atoms with Crippen molar-refractivity contribution in [2.75, 3.05) is 0 Å². The van der Waals surface area contributed by atoms with E-state index in [0.717, 1.165) is 19.3 Å². The number of carbonyl (C=O) groups excluding carboxylic acids is 1. The number of aliphatic carboxylic acids is 1. The number of carboxylic acids is 1. The highest BCUT2D eigenvalue weighted by molar-refractivity contribution is 5.85. The minimum absolute atomic E-state index is 0.0880. The third-order valence-electron chi connectivity index (χ3n) is 3.52. The van der Waals surface area contributed by atoms with Crippen LogP contribution in [0.3, 0.4) is 0 Å². The van der Waals surface area contributed by atoms with E-state index < -0.39 is 17.5 Å². The molecule has 0 aromatic heterocycles. The average Bonchev–Trinajstić information content (AvgIpc) is 2.44. The quantitative estimate of drug-likeness (QED) is 0.705. The smallest absolute Gasteiger partial charge is 0.328 e. The van der Waals surface area contributed by atoms with E-state index in [2.05, 4.69) is 24.5 Å². The minimum atomic E-state index is -1.24. The van der Waals surface area contributed by atoms with Crippen LogP contribution in [-0.2, 0) is 4.79 Å². The Balaban J connectivity index is 2.53. The zero-order chi connectivity index (χ0) is 13.3. The van der Waals surface area contributed by atoms with Gasteiger partial charge >= 0.3 is 12.0 Å². The van der Waals surface area contributed by atoms with Crippen LogP contribution in [-0.4, -0.2) is 28.7 Å². The first-order valence-corrected chi connectivity index (χ1v) is 5.97. The van der Waals surface area contributed by atoms with Gasteiger partial charge in [-0.25, -0.2) is 9.59 Å². The molecule has 1 aliphatic rings. The lowest BCUT2D eigenvalue weighted by Crippen LogP contribution is -2.56. The van der Waals surface area contributed by atoms with E-state index in [4.69, 9.17) is 5.11 Å². The van der Waals surface area contributed by atoms with Gasteiger partial charge in [0.1, 0.15) is 5.54 Å². The molecule has 0 saturated heterocycles. The fourth-order valence-electron chi connectivity index (χ4n) is 2.13. The van der Waals surface area contributed by atoms with Crippen LogP contribution in [0.2, 0.25) is 0 Å². The lowest BCUT2D eigenvalue weighted by Gasteiger charge is -2.29. The van der Waals surface area contributed by atoms with Crippen molar-refractivity contribution in [2.45, 2.75) is 58.5 Å². The molecule has 1 unspecified atom stereocenters. The molecule has 0 spiro atoms. The van der Waals surface area contributed by atoms with Crippen LogP contribution in [0.5, 0.6) is 0 Å². The van der Waals surface area contributed by atoms with Gasteiger partial charge in [0.05, 0.1) is 0 Å². The van der Waals surface area contributed by atoms with E-state index in [0.29, 0.717) is 0 Å². The summed E-state index contributed by atoms with van der Waals surface area (Å²) in [5.41, 5.74) is -1.16. The molecular weight excluding hydrogens is 220 g/mol. The molecule has 0 aliphatic heterocycles. The van der Waals surface area contributed by atoms with Crippen LogP contribution < -0.4 is 10.6 Å². The van der Waals surface area contributed by atoms with Crippen LogP contribution in [0.4, 0.5) is 4.79 Å². The van der Waals surface area contributed by atoms with Crippen molar-refractivity contribution < 1.29 is 14.7 Å². The number of urea groups is 1. The van der Waals surface area contributed by atoms with Gasteiger partial charge in [-0.1, -0.05) is 20.3 Å². The first-order chi connectivity index (χ1) is 7.65. The predicted molar refractivity (Wildman–Crippen MR) is 64.8 cm³/mol. The molecule has 1 rings (SSSR count). The van der Waals surface area contributed by atoms with E-state index in [1.54, 1.807) is 0 Å². The molecule has 1 fully saturated rings. The fraction of sp³-hybridized carbons (Fsp3) is 0.833. The Labute approximate surface area is 102 Å². The van der Waals surface area contributed by atoms with Crippen molar-refractivity contribution in [2.24, 2.45) is 5.41 Å². The lowest BCUT2D eigenvalue weighted by molar-refractivity contribution is -0.142. The maximum atomic E-state index is 11.7. The molecule has 1 aliphatic carbocycles. The molecule has 17 heavy (non-hydrogen) atoms. The summed E-state index contributed by atoms with van der Waals surface area (Å²) in [6, 6.07) is -0.288. The van der Waals surface area contributed by atoms with Crippen molar-refractivity contribution in [3.63, 3.8) is 0 Å². The van der Waals surface area contributed by atoms with Crippen LogP contribution in [0.1, 0.15) is 47.0 Å². The highest BCUT2D eigenvalue weighted by Gasteiger charge is 2.37. The summed E-state index contributed by atoms with van der Waals surface area (Å²) in [5.74, 6) is -1.04. The highest BCUT2D eigenvalue weighted by Crippen LogP contribution is 2.37. The maximum Gasteiger partial charge on any atom is 0.328 e. The predicted octanol–water partition coefficient (Wildman–Crippen LogP) is 1.73. The Bertz CT molecular complexity index is 324. The third-order valence-corrected chi connectivity index (χ3v) is 3.52. The van der Waals surface area contributed by atoms with Crippen molar-refractivity contribution in [3.05, 3.63) is 0 Å². The highest BCUT2D eigenvalue weighted by atomic mass is 16.4. The standard InChI is InChI=1S/C12H22N2O3/c1-11(2)7-5-6-8(11)13-10(17)14-12(3,4)9(15)16/h8H,5-7H2,1-4H3,(H,15,16)(H2,13,14,17). The summed E-state index contributed by atoms with van der Waals surface area (Å²) >= 11 is 0. The van der Waals surface area contributed by atoms with Gasteiger partial charge in [-0.2, -0.15) is 0 Å². The molecule has 5 nitrogen and oxygen atoms in total. The van der Waals surface area contributed by atoms with Gasteiger partial charge in [0, 0.05) is 6.04 Å². The topological polar surface area (TPSA) is 78.4 Å². The molecule has 98 valence electrons. The molecule has 3 N–H and O–H groups in total. The summed E-state index contributed by atoms with van der Waals surface area (Å²) in [5, 5.41) is 14.2. The molecule has 0 bridgehead atoms. The fourth-order valence-corrected chi connectivity index (χ4v) is 2.13. The summed E-state index contributed by atoms with van der Waals surface area (Å²) in [7, 11) is 0. The summed E-state index contributed by atoms with van der Waals surface area (Å²) in [6.07, 6.45) is 3.13. The van der Waals surface area contributed by atoms with Gasteiger partial charge in [-0.15, -0.1) is 0 Å². The Morgan fingerprint density at radius 1 is 1.35 bits per heavy atom. The third kappa shape index (κ3) is 3.35. The number of hydrogen-bond donors (Lipinski definition) is 3. The molecule has 1 saturated carbocycles. The van der Waals surface area contributed by atoms with Gasteiger partial charge in [-0.3, -0.25) is 0 Å². The first-order valence-electron chi connectivity index (χ1n) is 5.97. The van der Waals surface area contributed by atoms with E-state index in [1.807, 2.05) is 0 Å². The van der Waals surface area contributed by atoms with E-state index in [1.165, 1.54) is 13.8 Å². The van der Waals surface area contributed by atoms with Crippen LogP contribution in [0.25, 0.3) is 0 Å². The van der Waals surface area contributed by atoms with Gasteiger partial charge < -0.3 is 15.7 Å². The second-order valence-electron chi connectivity index (χ2n) is 5.96. The number of carbonyl (C=O) groups is 2. The van der Waals surface area contributed by atoms with E-state index in [-0.39, 0.29) is 11.5 Å². The Kier molecular flexibility index (Phi) is 3.69. The van der Waals surface area contributed by atoms with Crippen molar-refractivity contribution >= 4 is 12.0 Å². The molecule has 5 heteroatoms. The van der Waals surface area contributed by atoms with Crippen molar-refractivity contribution in [1.82, 2.24) is 10.6 Å². The average molecular weight is 242 g/mol. The minimum Gasteiger partial charge on any atom is -0.480 e. The number of amides is 2. The van der Waals surface area contributed by atoms with Gasteiger partial charge in [0.2, 0.25) is 0 Å². The summed E-state index contributed by atoms with van der Waals surface area (Å²) in [4.78, 5) is 22.6. The lowest BCUT2D eigenvalue weighted by atomic mass is 9.87. The van der Waals surface area contributed by atoms with Crippen LogP contribution >= 0.6 is 0 Å². The number of carboxylic acid groups (broad SMARTS) is 1. The summed E-state index contributed by atoms with van der Waals surface area (Å²) in [6.45, 7) is 7.17. The molecule has 0 radical (unpaired) electrons. The molecular formula is C12H22N2O3. The SMILES string of the molecule is CC(C)(NC(=O)NC1CCCC1(C)C)C(=O)O. The van der Waals surface area contributed by atoms with Gasteiger partial charge in [0.15, 0.2) is 0 Å². The van der Waals surface area contributed by atoms with Crippen molar-refractivity contribution in [3.8, 4) is 0 Å². The second kappa shape index (κ2) is 4.55. The summed E-state index contributed by atoms with van der Waals surface area (Å²) < 4.78 is 0. The molecule has 2 amide bonds. The van der Waals surface area contributed by atoms with Crippen molar-refractivity contribution in [1.29, 1.82) is 0 Å². The Morgan fingerprint density at radius 2 is 1.94 bits per heavy atom. The van der Waals surface area contributed by atoms with E-state index >= 15 is 0 Å². The Morgan fingerprint density at radius 3 is 2.35 bits per heavy atom. The first kappa shape index (κ1) is 13.8. The number of hydrogen-bond acceptors (Lipinski definition) is 2. The number of rotatable bonds is 3. The van der Waals surface area contributed by atoms with Crippen LogP contribution in [0.15, 0.2) is 0 Å². The normalized spacial score (nSPS) is 23.2. The molecule has 0 aromatic carbocycles. The second-order valence-corrected chi connectivity index (χ2v) is 5.96.